The molecular weight excluding hydrogens is 578 g/mol. The van der Waals surface area contributed by atoms with Gasteiger partial charge in [0.1, 0.15) is 30.0 Å². The van der Waals surface area contributed by atoms with Crippen LogP contribution in [-0.2, 0) is 30.4 Å². The van der Waals surface area contributed by atoms with E-state index in [9.17, 15) is 24.3 Å². The highest BCUT2D eigenvalue weighted by atomic mass is 16.6. The molecule has 3 amide bonds. The van der Waals surface area contributed by atoms with Gasteiger partial charge in [0.25, 0.3) is 0 Å². The zero-order chi connectivity index (χ0) is 34.3. The summed E-state index contributed by atoms with van der Waals surface area (Å²) in [4.78, 5) is 56.2. The van der Waals surface area contributed by atoms with Gasteiger partial charge in [0.05, 0.1) is 18.7 Å². The molecule has 2 N–H and O–H groups in total. The molecule has 1 saturated heterocycles. The van der Waals surface area contributed by atoms with Crippen molar-refractivity contribution in [3.05, 3.63) is 35.9 Å². The van der Waals surface area contributed by atoms with Gasteiger partial charge in [-0.3, -0.25) is 14.6 Å². The first-order valence-corrected chi connectivity index (χ1v) is 15.9. The Morgan fingerprint density at radius 3 is 2.11 bits per heavy atom. The Hall–Kier alpha value is -3.34. The van der Waals surface area contributed by atoms with Crippen molar-refractivity contribution in [2.45, 2.75) is 131 Å². The zero-order valence-corrected chi connectivity index (χ0v) is 29.0. The Morgan fingerprint density at radius 2 is 1.62 bits per heavy atom. The van der Waals surface area contributed by atoms with Crippen LogP contribution in [0.15, 0.2) is 30.3 Å². The number of aliphatic carboxylic acids is 1. The number of benzene rings is 1. The molecule has 0 spiro atoms. The van der Waals surface area contributed by atoms with E-state index < -0.39 is 59.6 Å². The lowest BCUT2D eigenvalue weighted by molar-refractivity contribution is -0.144. The molecule has 2 rings (SSSR count). The number of hydrogen-bond donors (Lipinski definition) is 2. The first kappa shape index (κ1) is 37.8. The van der Waals surface area contributed by atoms with Crippen LogP contribution in [0.25, 0.3) is 0 Å². The second-order valence-electron chi connectivity index (χ2n) is 14.6. The Bertz CT molecular complexity index is 1150. The molecule has 0 saturated carbocycles. The van der Waals surface area contributed by atoms with Gasteiger partial charge in [-0.05, 0) is 70.8 Å². The van der Waals surface area contributed by atoms with Gasteiger partial charge in [0.2, 0.25) is 5.91 Å². The summed E-state index contributed by atoms with van der Waals surface area (Å²) < 4.78 is 18.0. The predicted octanol–water partition coefficient (Wildman–Crippen LogP) is 6.05. The average molecular weight is 634 g/mol. The molecule has 1 aliphatic rings. The number of amides is 3. The van der Waals surface area contributed by atoms with Crippen molar-refractivity contribution in [3.63, 3.8) is 0 Å². The van der Waals surface area contributed by atoms with Crippen LogP contribution in [0.5, 0.6) is 0 Å². The van der Waals surface area contributed by atoms with E-state index in [2.05, 4.69) is 5.32 Å². The highest BCUT2D eigenvalue weighted by molar-refractivity contribution is 5.89. The molecule has 0 aliphatic carbocycles. The topological polar surface area (TPSA) is 135 Å². The van der Waals surface area contributed by atoms with Crippen LogP contribution in [0.4, 0.5) is 9.59 Å². The summed E-state index contributed by atoms with van der Waals surface area (Å²) in [5.41, 5.74) is -1.04. The van der Waals surface area contributed by atoms with E-state index in [1.807, 2.05) is 58.0 Å². The van der Waals surface area contributed by atoms with Crippen molar-refractivity contribution >= 4 is 24.1 Å². The van der Waals surface area contributed by atoms with E-state index >= 15 is 0 Å². The lowest BCUT2D eigenvalue weighted by Crippen LogP contribution is -2.57. The van der Waals surface area contributed by atoms with Gasteiger partial charge < -0.3 is 24.6 Å². The number of carbonyl (C=O) groups excluding carboxylic acids is 3. The minimum absolute atomic E-state index is 0.0214. The maximum Gasteiger partial charge on any atom is 0.412 e. The molecule has 11 heteroatoms. The smallest absolute Gasteiger partial charge is 0.412 e. The fourth-order valence-electron chi connectivity index (χ4n) is 5.55. The number of hydrogen-bond acceptors (Lipinski definition) is 7. The highest BCUT2D eigenvalue weighted by Crippen LogP contribution is 2.37. The van der Waals surface area contributed by atoms with E-state index in [0.29, 0.717) is 6.42 Å². The average Bonchev–Trinajstić information content (AvgIpc) is 3.14. The van der Waals surface area contributed by atoms with Crippen molar-refractivity contribution in [1.29, 1.82) is 0 Å². The van der Waals surface area contributed by atoms with Gasteiger partial charge in [0.15, 0.2) is 0 Å². The quantitative estimate of drug-likeness (QED) is 0.268. The molecule has 1 aromatic rings. The monoisotopic (exact) mass is 633 g/mol. The number of carboxylic acids is 1. The lowest BCUT2D eigenvalue weighted by Gasteiger charge is -2.36. The zero-order valence-electron chi connectivity index (χ0n) is 29.0. The minimum atomic E-state index is -1.16. The molecule has 1 fully saturated rings. The van der Waals surface area contributed by atoms with Crippen molar-refractivity contribution in [3.8, 4) is 0 Å². The van der Waals surface area contributed by atoms with Crippen LogP contribution in [-0.4, -0.2) is 81.1 Å². The Labute approximate surface area is 268 Å². The molecular formula is C34H55N3O8. The molecule has 0 radical (unpaired) electrons. The third-order valence-electron chi connectivity index (χ3n) is 7.50. The summed E-state index contributed by atoms with van der Waals surface area (Å²) in [6.45, 7) is 20.2. The molecule has 1 heterocycles. The molecule has 1 aromatic carbocycles. The van der Waals surface area contributed by atoms with E-state index in [1.54, 1.807) is 53.4 Å². The maximum atomic E-state index is 13.9. The Balaban J connectivity index is 2.56. The molecule has 45 heavy (non-hydrogen) atoms. The summed E-state index contributed by atoms with van der Waals surface area (Å²) in [5.74, 6) is -2.01. The first-order chi connectivity index (χ1) is 20.7. The van der Waals surface area contributed by atoms with Crippen LogP contribution in [0.3, 0.4) is 0 Å². The maximum absolute atomic E-state index is 13.9. The van der Waals surface area contributed by atoms with Crippen LogP contribution < -0.4 is 5.32 Å². The summed E-state index contributed by atoms with van der Waals surface area (Å²) >= 11 is 0. The number of nitrogens with one attached hydrogen (secondary N) is 1. The predicted molar refractivity (Wildman–Crippen MR) is 171 cm³/mol. The highest BCUT2D eigenvalue weighted by Gasteiger charge is 2.52. The fourth-order valence-corrected chi connectivity index (χ4v) is 5.55. The first-order valence-electron chi connectivity index (χ1n) is 15.9. The summed E-state index contributed by atoms with van der Waals surface area (Å²) in [7, 11) is 0. The standard InChI is InChI=1S/C34H55N3O8/c1-21(2)17-25-27(44-34(10,11)37(25)32(42)45-33(7,8)9)19-36(31(41)43-20-24-15-13-12-14-16-24)26(18-22(3)4)29(38)35-28(23(5)6)30(39)40/h12-16,21-23,25-28H,17-20H2,1-11H3,(H,35,38)(H,39,40)/t25?,26-,27?,28-/m0/s1. The van der Waals surface area contributed by atoms with Gasteiger partial charge in [0, 0.05) is 0 Å². The molecule has 4 atom stereocenters. The van der Waals surface area contributed by atoms with Crippen molar-refractivity contribution in [1.82, 2.24) is 15.1 Å². The summed E-state index contributed by atoms with van der Waals surface area (Å²) in [6, 6.07) is 6.51. The number of nitrogens with zero attached hydrogens (tertiary/aromatic N) is 2. The molecule has 11 nitrogen and oxygen atoms in total. The van der Waals surface area contributed by atoms with Gasteiger partial charge in [-0.15, -0.1) is 0 Å². The number of carbonyl (C=O) groups is 4. The second-order valence-corrected chi connectivity index (χ2v) is 14.6. The van der Waals surface area contributed by atoms with Gasteiger partial charge in [-0.2, -0.15) is 0 Å². The van der Waals surface area contributed by atoms with Gasteiger partial charge >= 0.3 is 18.2 Å². The minimum Gasteiger partial charge on any atom is -0.480 e. The van der Waals surface area contributed by atoms with Crippen LogP contribution in [0.2, 0.25) is 0 Å². The van der Waals surface area contributed by atoms with Crippen LogP contribution in [0, 0.1) is 17.8 Å². The summed E-state index contributed by atoms with van der Waals surface area (Å²) in [5, 5.41) is 12.4. The number of carboxylic acid groups (broad SMARTS) is 1. The van der Waals surface area contributed by atoms with E-state index in [1.165, 1.54) is 4.90 Å². The van der Waals surface area contributed by atoms with Crippen molar-refractivity contribution < 1.29 is 38.5 Å². The fraction of sp³-hybridized carbons (Fsp3) is 0.706. The van der Waals surface area contributed by atoms with E-state index in [4.69, 9.17) is 14.2 Å². The molecule has 0 bridgehead atoms. The van der Waals surface area contributed by atoms with Crippen molar-refractivity contribution in [2.24, 2.45) is 17.8 Å². The summed E-state index contributed by atoms with van der Waals surface area (Å²) in [6.07, 6.45) is -1.16. The second kappa shape index (κ2) is 15.8. The Kier molecular flexibility index (Phi) is 13.3. The SMILES string of the molecule is CC(C)CC1C(CN(C(=O)OCc2ccccc2)[C@@H](CC(C)C)C(=O)N[C@H](C(=O)O)C(C)C)OC(C)(C)N1C(=O)OC(C)(C)C. The number of ether oxygens (including phenoxy) is 3. The molecule has 1 aliphatic heterocycles. The van der Waals surface area contributed by atoms with Gasteiger partial charge in [-0.25, -0.2) is 14.4 Å². The number of rotatable bonds is 13. The lowest BCUT2D eigenvalue weighted by atomic mass is 9.96. The van der Waals surface area contributed by atoms with Crippen molar-refractivity contribution in [2.75, 3.05) is 6.54 Å². The third-order valence-corrected chi connectivity index (χ3v) is 7.50. The van der Waals surface area contributed by atoms with Crippen LogP contribution in [0.1, 0.15) is 94.6 Å². The van der Waals surface area contributed by atoms with Gasteiger partial charge in [-0.1, -0.05) is 71.9 Å². The molecule has 0 aromatic heterocycles. The normalized spacial score (nSPS) is 19.4. The largest absolute Gasteiger partial charge is 0.480 e. The van der Waals surface area contributed by atoms with E-state index in [0.717, 1.165) is 5.56 Å². The molecule has 2 unspecified atom stereocenters. The van der Waals surface area contributed by atoms with E-state index in [-0.39, 0.29) is 37.3 Å². The molecule has 254 valence electrons. The Morgan fingerprint density at radius 1 is 1.02 bits per heavy atom. The van der Waals surface area contributed by atoms with Crippen LogP contribution >= 0.6 is 0 Å². The third kappa shape index (κ3) is 11.2.